The van der Waals surface area contributed by atoms with Crippen LogP contribution in [-0.4, -0.2) is 38.9 Å². The van der Waals surface area contributed by atoms with Gasteiger partial charge in [0.2, 0.25) is 5.84 Å². The molecule has 1 N–H and O–H groups in total. The minimum absolute atomic E-state index is 0.0290. The molecule has 5 aromatic rings. The predicted octanol–water partition coefficient (Wildman–Crippen LogP) is 8.14. The van der Waals surface area contributed by atoms with Gasteiger partial charge in [0.15, 0.2) is 12.0 Å². The van der Waals surface area contributed by atoms with Crippen molar-refractivity contribution in [2.45, 2.75) is 33.2 Å². The third-order valence-electron chi connectivity index (χ3n) is 7.42. The molecule has 48 heavy (non-hydrogen) atoms. The number of aliphatic imine (C=N–C) groups is 2. The Morgan fingerprint density at radius 2 is 1.27 bits per heavy atom. The maximum absolute atomic E-state index is 14.3. The number of aromatic nitrogens is 1. The zero-order chi connectivity index (χ0) is 33.3. The van der Waals surface area contributed by atoms with Crippen LogP contribution in [0.5, 0.6) is 0 Å². The monoisotopic (exact) mass is 638 g/mol. The highest BCUT2D eigenvalue weighted by molar-refractivity contribution is 6.47. The van der Waals surface area contributed by atoms with Crippen molar-refractivity contribution < 1.29 is 19.1 Å². The Labute approximate surface area is 279 Å². The first kappa shape index (κ1) is 31.7. The Balaban J connectivity index is 1.49. The van der Waals surface area contributed by atoms with Gasteiger partial charge in [0.25, 0.3) is 0 Å². The van der Waals surface area contributed by atoms with E-state index in [-0.39, 0.29) is 24.9 Å². The molecule has 0 bridgehead atoms. The van der Waals surface area contributed by atoms with Gasteiger partial charge >= 0.3 is 12.2 Å². The van der Waals surface area contributed by atoms with Crippen LogP contribution < -0.4 is 5.32 Å². The van der Waals surface area contributed by atoms with Crippen molar-refractivity contribution in [3.05, 3.63) is 162 Å². The maximum atomic E-state index is 14.3. The average molecular weight is 639 g/mol. The molecule has 1 atom stereocenters. The van der Waals surface area contributed by atoms with Crippen LogP contribution in [0.15, 0.2) is 144 Å². The van der Waals surface area contributed by atoms with E-state index >= 15 is 0 Å². The molecular formula is C38H34N6O4. The molecule has 2 amide bonds. The van der Waals surface area contributed by atoms with Crippen molar-refractivity contribution in [3.8, 4) is 0 Å². The van der Waals surface area contributed by atoms with E-state index in [1.807, 2.05) is 123 Å². The number of nitrogens with one attached hydrogen (secondary N) is 1. The molecule has 1 unspecified atom stereocenters. The van der Waals surface area contributed by atoms with Crippen molar-refractivity contribution in [1.29, 1.82) is 0 Å². The Morgan fingerprint density at radius 1 is 0.708 bits per heavy atom. The Morgan fingerprint density at radius 3 is 1.85 bits per heavy atom. The summed E-state index contributed by atoms with van der Waals surface area (Å²) in [7, 11) is 0. The number of aryl methyl sites for hydroxylation is 2. The Kier molecular flexibility index (Phi) is 9.81. The van der Waals surface area contributed by atoms with E-state index in [4.69, 9.17) is 19.5 Å². The number of anilines is 1. The van der Waals surface area contributed by atoms with Gasteiger partial charge in [0.05, 0.1) is 11.4 Å². The quantitative estimate of drug-likeness (QED) is 0.193. The molecule has 1 aliphatic rings. The van der Waals surface area contributed by atoms with Crippen molar-refractivity contribution >= 4 is 35.2 Å². The van der Waals surface area contributed by atoms with Gasteiger partial charge in [-0.25, -0.2) is 19.6 Å². The summed E-state index contributed by atoms with van der Waals surface area (Å²) in [4.78, 5) is 42.8. The van der Waals surface area contributed by atoms with E-state index < -0.39 is 18.4 Å². The first-order chi connectivity index (χ1) is 23.4. The molecule has 0 radical (unpaired) electrons. The summed E-state index contributed by atoms with van der Waals surface area (Å²) in [5.74, 6) is 0.250. The molecule has 0 aliphatic carbocycles. The number of hydrogen-bond acceptors (Lipinski definition) is 8. The lowest BCUT2D eigenvalue weighted by Crippen LogP contribution is -2.60. The molecule has 4 aromatic carbocycles. The number of pyridine rings is 1. The minimum atomic E-state index is -1.12. The minimum Gasteiger partial charge on any atom is -0.443 e. The van der Waals surface area contributed by atoms with Gasteiger partial charge in [0.1, 0.15) is 13.2 Å². The normalized spacial score (nSPS) is 15.1. The lowest BCUT2D eigenvalue weighted by molar-refractivity contribution is -0.0137. The van der Waals surface area contributed by atoms with Gasteiger partial charge < -0.3 is 14.8 Å². The summed E-state index contributed by atoms with van der Waals surface area (Å²) in [6, 6.07) is 39.0. The zero-order valence-electron chi connectivity index (χ0n) is 26.6. The number of hydrazine groups is 1. The zero-order valence-corrected chi connectivity index (χ0v) is 26.6. The first-order valence-corrected chi connectivity index (χ1v) is 15.4. The van der Waals surface area contributed by atoms with E-state index in [1.165, 1.54) is 0 Å². The van der Waals surface area contributed by atoms with E-state index in [9.17, 15) is 9.59 Å². The number of carbonyl (C=O) groups is 2. The van der Waals surface area contributed by atoms with Crippen LogP contribution in [0.2, 0.25) is 0 Å². The average Bonchev–Trinajstić information content (AvgIpc) is 3.13. The van der Waals surface area contributed by atoms with Gasteiger partial charge in [-0.2, -0.15) is 10.0 Å². The fourth-order valence-corrected chi connectivity index (χ4v) is 4.89. The topological polar surface area (TPSA) is 109 Å². The van der Waals surface area contributed by atoms with Crippen LogP contribution in [0.1, 0.15) is 34.1 Å². The highest BCUT2D eigenvalue weighted by atomic mass is 16.6. The van der Waals surface area contributed by atoms with Crippen molar-refractivity contribution in [2.75, 3.05) is 5.32 Å². The lowest BCUT2D eigenvalue weighted by Gasteiger charge is -2.40. The first-order valence-electron chi connectivity index (χ1n) is 15.4. The highest BCUT2D eigenvalue weighted by Gasteiger charge is 2.45. The summed E-state index contributed by atoms with van der Waals surface area (Å²) in [5, 5.41) is 5.51. The number of rotatable bonds is 7. The van der Waals surface area contributed by atoms with Crippen molar-refractivity contribution in [2.24, 2.45) is 9.98 Å². The number of amides is 2. The van der Waals surface area contributed by atoms with Crippen LogP contribution in [0, 0.1) is 13.8 Å². The van der Waals surface area contributed by atoms with Crippen LogP contribution in [0.25, 0.3) is 0 Å². The van der Waals surface area contributed by atoms with Crippen molar-refractivity contribution in [3.63, 3.8) is 0 Å². The van der Waals surface area contributed by atoms with Crippen LogP contribution >= 0.6 is 0 Å². The smallest absolute Gasteiger partial charge is 0.435 e. The number of benzene rings is 4. The number of ether oxygens (including phenoxy) is 2. The summed E-state index contributed by atoms with van der Waals surface area (Å²) >= 11 is 0. The van der Waals surface area contributed by atoms with Gasteiger partial charge in [-0.3, -0.25) is 4.98 Å². The van der Waals surface area contributed by atoms with Crippen molar-refractivity contribution in [1.82, 2.24) is 15.0 Å². The second kappa shape index (κ2) is 14.9. The maximum Gasteiger partial charge on any atom is 0.435 e. The molecule has 0 spiro atoms. The van der Waals surface area contributed by atoms with Gasteiger partial charge in [-0.15, -0.1) is 0 Å². The second-order valence-electron chi connectivity index (χ2n) is 11.1. The highest BCUT2D eigenvalue weighted by Crippen LogP contribution is 2.31. The Bertz CT molecular complexity index is 1900. The predicted molar refractivity (Wildman–Crippen MR) is 184 cm³/mol. The summed E-state index contributed by atoms with van der Waals surface area (Å²) in [6.07, 6.45) is -1.23. The van der Waals surface area contributed by atoms with E-state index in [0.29, 0.717) is 17.1 Å². The molecule has 0 saturated carbocycles. The summed E-state index contributed by atoms with van der Waals surface area (Å²) in [5.41, 5.74) is 5.28. The van der Waals surface area contributed by atoms with Crippen LogP contribution in [0.4, 0.5) is 21.0 Å². The standard InChI is InChI=1S/C38H34N6O4/c1-27-16-20-31(21-17-27)40-34-36(41-32-22-18-28(2)19-23-32)44(38(46)48-26-30-13-7-4-8-14-30)43(35(42-34)33-15-9-10-24-39-33)37(45)47-25-29-11-5-3-6-12-29/h3-24,35H,25-26H2,1-2H3,(H,40,42). The number of hydrogen-bond donors (Lipinski definition) is 1. The fraction of sp³-hybridized carbons (Fsp3) is 0.132. The van der Waals surface area contributed by atoms with Gasteiger partial charge in [-0.05, 0) is 61.4 Å². The fourth-order valence-electron chi connectivity index (χ4n) is 4.89. The number of carbonyl (C=O) groups excluding carboxylic acids is 2. The number of nitrogens with zero attached hydrogens (tertiary/aromatic N) is 5. The molecule has 1 aliphatic heterocycles. The SMILES string of the molecule is Cc1ccc(N=C2C(Nc3ccc(C)cc3)=NC(c3ccccn3)N(C(=O)OCc3ccccc3)N2C(=O)OCc2ccccc2)cc1. The molecule has 240 valence electrons. The molecule has 2 heterocycles. The van der Waals surface area contributed by atoms with Gasteiger partial charge in [0, 0.05) is 11.9 Å². The molecule has 10 nitrogen and oxygen atoms in total. The van der Waals surface area contributed by atoms with E-state index in [1.54, 1.807) is 24.4 Å². The third kappa shape index (κ3) is 7.73. The molecule has 1 aromatic heterocycles. The van der Waals surface area contributed by atoms with Gasteiger partial charge in [-0.1, -0.05) is 102 Å². The second-order valence-corrected chi connectivity index (χ2v) is 11.1. The Hall–Kier alpha value is -6.29. The molecule has 6 rings (SSSR count). The molecule has 10 heteroatoms. The number of amidine groups is 2. The molecular weight excluding hydrogens is 604 g/mol. The summed E-state index contributed by atoms with van der Waals surface area (Å²) in [6.45, 7) is 3.87. The molecule has 0 fully saturated rings. The van der Waals surface area contributed by atoms with E-state index in [2.05, 4.69) is 10.3 Å². The third-order valence-corrected chi connectivity index (χ3v) is 7.42. The lowest BCUT2D eigenvalue weighted by atomic mass is 10.2. The largest absolute Gasteiger partial charge is 0.443 e. The molecule has 0 saturated heterocycles. The van der Waals surface area contributed by atoms with Crippen LogP contribution in [-0.2, 0) is 22.7 Å². The van der Waals surface area contributed by atoms with Crippen LogP contribution in [0.3, 0.4) is 0 Å². The summed E-state index contributed by atoms with van der Waals surface area (Å²) < 4.78 is 11.7. The van der Waals surface area contributed by atoms with E-state index in [0.717, 1.165) is 32.3 Å².